The van der Waals surface area contributed by atoms with Gasteiger partial charge in [-0.25, -0.2) is 4.98 Å². The van der Waals surface area contributed by atoms with Gasteiger partial charge in [0.05, 0.1) is 6.54 Å². The average Bonchev–Trinajstić information content (AvgIpc) is 2.86. The lowest BCUT2D eigenvalue weighted by atomic mass is 10.3. The molecule has 1 N–H and O–H groups in total. The third kappa shape index (κ3) is 4.01. The normalized spacial score (nSPS) is 10.6. The predicted octanol–water partition coefficient (Wildman–Crippen LogP) is 4.91. The van der Waals surface area contributed by atoms with Gasteiger partial charge in [-0.05, 0) is 32.0 Å². The van der Waals surface area contributed by atoms with Crippen LogP contribution in [0.3, 0.4) is 0 Å². The fraction of sp³-hybridized carbons (Fsp3) is 0.357. The molecule has 3 nitrogen and oxygen atoms in total. The zero-order valence-electron chi connectivity index (χ0n) is 11.5. The quantitative estimate of drug-likeness (QED) is 0.816. The summed E-state index contributed by atoms with van der Waals surface area (Å²) in [6, 6.07) is 5.44. The molecule has 2 rings (SSSR count). The van der Waals surface area contributed by atoms with Gasteiger partial charge in [0.2, 0.25) is 0 Å². The molecule has 0 aliphatic heterocycles. The molecule has 0 amide bonds. The van der Waals surface area contributed by atoms with Crippen molar-refractivity contribution in [2.75, 3.05) is 23.3 Å². The van der Waals surface area contributed by atoms with Crippen molar-refractivity contribution in [3.8, 4) is 0 Å². The Balaban J connectivity index is 2.00. The van der Waals surface area contributed by atoms with Gasteiger partial charge in [0.25, 0.3) is 0 Å². The molecule has 0 radical (unpaired) electrons. The summed E-state index contributed by atoms with van der Waals surface area (Å²) < 4.78 is 0. The molecule has 0 spiro atoms. The van der Waals surface area contributed by atoms with E-state index in [0.29, 0.717) is 10.0 Å². The number of nitrogens with zero attached hydrogens (tertiary/aromatic N) is 2. The van der Waals surface area contributed by atoms with E-state index in [1.54, 1.807) is 17.4 Å². The van der Waals surface area contributed by atoms with Crippen molar-refractivity contribution < 1.29 is 0 Å². The molecular formula is C14H17Cl2N3S. The summed E-state index contributed by atoms with van der Waals surface area (Å²) in [6.45, 7) is 6.94. The number of hydrogen-bond acceptors (Lipinski definition) is 4. The van der Waals surface area contributed by atoms with Crippen LogP contribution in [-0.4, -0.2) is 18.1 Å². The van der Waals surface area contributed by atoms with Crippen LogP contribution in [0.5, 0.6) is 0 Å². The van der Waals surface area contributed by atoms with E-state index in [4.69, 9.17) is 23.2 Å². The fourth-order valence-corrected chi connectivity index (χ4v) is 3.37. The Bertz CT molecular complexity index is 547. The molecular weight excluding hydrogens is 313 g/mol. The van der Waals surface area contributed by atoms with Gasteiger partial charge in [-0.1, -0.05) is 23.2 Å². The Hall–Kier alpha value is -0.970. The van der Waals surface area contributed by atoms with Crippen molar-refractivity contribution in [3.63, 3.8) is 0 Å². The van der Waals surface area contributed by atoms with Gasteiger partial charge in [-0.3, -0.25) is 0 Å². The smallest absolute Gasteiger partial charge is 0.185 e. The van der Waals surface area contributed by atoms with Crippen molar-refractivity contribution in [1.82, 2.24) is 4.98 Å². The molecule has 108 valence electrons. The molecule has 1 aromatic carbocycles. The molecule has 0 aliphatic rings. The minimum Gasteiger partial charge on any atom is -0.380 e. The van der Waals surface area contributed by atoms with Crippen molar-refractivity contribution in [2.24, 2.45) is 0 Å². The molecule has 0 aliphatic carbocycles. The van der Waals surface area contributed by atoms with Gasteiger partial charge < -0.3 is 10.2 Å². The number of halogens is 2. The molecule has 0 fully saturated rings. The number of anilines is 2. The summed E-state index contributed by atoms with van der Waals surface area (Å²) in [6.07, 6.45) is 1.91. The Kier molecular flexibility index (Phi) is 5.52. The van der Waals surface area contributed by atoms with Gasteiger partial charge in [0.1, 0.15) is 0 Å². The van der Waals surface area contributed by atoms with Crippen molar-refractivity contribution in [3.05, 3.63) is 39.3 Å². The average molecular weight is 330 g/mol. The maximum absolute atomic E-state index is 5.97. The third-order valence-corrected chi connectivity index (χ3v) is 4.40. The Morgan fingerprint density at radius 2 is 1.80 bits per heavy atom. The van der Waals surface area contributed by atoms with Gasteiger partial charge in [0.15, 0.2) is 5.13 Å². The zero-order chi connectivity index (χ0) is 14.5. The van der Waals surface area contributed by atoms with Crippen molar-refractivity contribution in [1.29, 1.82) is 0 Å². The number of benzene rings is 1. The molecule has 1 heterocycles. The van der Waals surface area contributed by atoms with Crippen LogP contribution < -0.4 is 10.2 Å². The highest BCUT2D eigenvalue weighted by atomic mass is 35.5. The number of rotatable bonds is 6. The Labute approximate surface area is 133 Å². The van der Waals surface area contributed by atoms with Crippen LogP contribution in [0.4, 0.5) is 10.8 Å². The SMILES string of the molecule is CCN(CC)c1ncc(CNc2cc(Cl)cc(Cl)c2)s1. The first-order chi connectivity index (χ1) is 9.62. The lowest BCUT2D eigenvalue weighted by molar-refractivity contribution is 0.860. The Morgan fingerprint density at radius 1 is 1.15 bits per heavy atom. The molecule has 0 saturated heterocycles. The molecule has 6 heteroatoms. The van der Waals surface area contributed by atoms with Crippen LogP contribution in [-0.2, 0) is 6.54 Å². The van der Waals surface area contributed by atoms with Crippen LogP contribution in [0.25, 0.3) is 0 Å². The molecule has 2 aromatic rings. The summed E-state index contributed by atoms with van der Waals surface area (Å²) in [5, 5.41) is 5.64. The van der Waals surface area contributed by atoms with Crippen LogP contribution >= 0.6 is 34.5 Å². The number of aromatic nitrogens is 1. The maximum atomic E-state index is 5.97. The topological polar surface area (TPSA) is 28.2 Å². The van der Waals surface area contributed by atoms with E-state index >= 15 is 0 Å². The Morgan fingerprint density at radius 3 is 2.40 bits per heavy atom. The highest BCUT2D eigenvalue weighted by molar-refractivity contribution is 7.15. The molecule has 0 saturated carbocycles. The van der Waals surface area contributed by atoms with Gasteiger partial charge in [0, 0.05) is 39.9 Å². The van der Waals surface area contributed by atoms with Gasteiger partial charge in [-0.2, -0.15) is 0 Å². The molecule has 20 heavy (non-hydrogen) atoms. The summed E-state index contributed by atoms with van der Waals surface area (Å²) in [7, 11) is 0. The zero-order valence-corrected chi connectivity index (χ0v) is 13.8. The fourth-order valence-electron chi connectivity index (χ4n) is 1.86. The highest BCUT2D eigenvalue weighted by Crippen LogP contribution is 2.25. The van der Waals surface area contributed by atoms with E-state index in [2.05, 4.69) is 29.0 Å². The summed E-state index contributed by atoms with van der Waals surface area (Å²) in [5.41, 5.74) is 0.917. The van der Waals surface area contributed by atoms with Gasteiger partial charge in [-0.15, -0.1) is 11.3 Å². The van der Waals surface area contributed by atoms with Crippen molar-refractivity contribution >= 4 is 45.4 Å². The lowest BCUT2D eigenvalue weighted by Crippen LogP contribution is -2.21. The van der Waals surface area contributed by atoms with Crippen LogP contribution in [0.15, 0.2) is 24.4 Å². The molecule has 0 bridgehead atoms. The minimum absolute atomic E-state index is 0.633. The third-order valence-electron chi connectivity index (χ3n) is 2.90. The number of thiazole rings is 1. The monoisotopic (exact) mass is 329 g/mol. The van der Waals surface area contributed by atoms with Crippen LogP contribution in [0.2, 0.25) is 10.0 Å². The van der Waals surface area contributed by atoms with E-state index in [1.165, 1.54) is 4.88 Å². The van der Waals surface area contributed by atoms with E-state index in [0.717, 1.165) is 30.5 Å². The molecule has 1 aromatic heterocycles. The minimum atomic E-state index is 0.633. The summed E-state index contributed by atoms with van der Waals surface area (Å²) in [4.78, 5) is 7.88. The first kappa shape index (κ1) is 15.4. The first-order valence-corrected chi connectivity index (χ1v) is 8.09. The van der Waals surface area contributed by atoms with Gasteiger partial charge >= 0.3 is 0 Å². The predicted molar refractivity (Wildman–Crippen MR) is 89.5 cm³/mol. The lowest BCUT2D eigenvalue weighted by Gasteiger charge is -2.16. The van der Waals surface area contributed by atoms with E-state index in [9.17, 15) is 0 Å². The first-order valence-electron chi connectivity index (χ1n) is 6.52. The second kappa shape index (κ2) is 7.16. The summed E-state index contributed by atoms with van der Waals surface area (Å²) >= 11 is 13.7. The van der Waals surface area contributed by atoms with Crippen molar-refractivity contribution in [2.45, 2.75) is 20.4 Å². The molecule has 0 atom stereocenters. The highest BCUT2D eigenvalue weighted by Gasteiger charge is 2.07. The second-order valence-corrected chi connectivity index (χ2v) is 6.26. The maximum Gasteiger partial charge on any atom is 0.185 e. The number of hydrogen-bond donors (Lipinski definition) is 1. The number of nitrogens with one attached hydrogen (secondary N) is 1. The van der Waals surface area contributed by atoms with E-state index < -0.39 is 0 Å². The molecule has 0 unspecified atom stereocenters. The van der Waals surface area contributed by atoms with Crippen LogP contribution in [0, 0.1) is 0 Å². The second-order valence-electron chi connectivity index (χ2n) is 4.29. The summed E-state index contributed by atoms with van der Waals surface area (Å²) in [5.74, 6) is 0. The standard InChI is InChI=1S/C14H17Cl2N3S/c1-3-19(4-2)14-18-9-13(20-14)8-17-12-6-10(15)5-11(16)7-12/h5-7,9,17H,3-4,8H2,1-2H3. The van der Waals surface area contributed by atoms with E-state index in [-0.39, 0.29) is 0 Å². The van der Waals surface area contributed by atoms with E-state index in [1.807, 2.05) is 18.3 Å². The van der Waals surface area contributed by atoms with Crippen LogP contribution in [0.1, 0.15) is 18.7 Å². The largest absolute Gasteiger partial charge is 0.380 e.